The molecule has 0 bridgehead atoms. The minimum absolute atomic E-state index is 0.262. The highest BCUT2D eigenvalue weighted by molar-refractivity contribution is 5.78. The van der Waals surface area contributed by atoms with Crippen molar-refractivity contribution in [1.29, 1.82) is 0 Å². The van der Waals surface area contributed by atoms with E-state index in [4.69, 9.17) is 10.5 Å². The van der Waals surface area contributed by atoms with Gasteiger partial charge in [0, 0.05) is 32.7 Å². The van der Waals surface area contributed by atoms with Crippen molar-refractivity contribution in [3.63, 3.8) is 0 Å². The average molecular weight is 346 g/mol. The normalized spacial score (nSPS) is 16.1. The van der Waals surface area contributed by atoms with Gasteiger partial charge in [0.25, 0.3) is 0 Å². The summed E-state index contributed by atoms with van der Waals surface area (Å²) >= 11 is 0. The summed E-state index contributed by atoms with van der Waals surface area (Å²) < 4.78 is 5.40. The SMILES string of the molecule is Cc1ccccc1CCN=C(N)N1CCN(C(=O)OC(C)(C)C)CC1. The lowest BCUT2D eigenvalue weighted by atomic mass is 10.1. The number of rotatable bonds is 3. The molecule has 1 aliphatic rings. The van der Waals surface area contributed by atoms with Crippen molar-refractivity contribution >= 4 is 12.1 Å². The van der Waals surface area contributed by atoms with E-state index in [-0.39, 0.29) is 6.09 Å². The molecular weight excluding hydrogens is 316 g/mol. The molecule has 1 aromatic rings. The van der Waals surface area contributed by atoms with Gasteiger partial charge in [-0.3, -0.25) is 4.99 Å². The molecule has 1 aliphatic heterocycles. The highest BCUT2D eigenvalue weighted by Crippen LogP contribution is 2.12. The molecule has 0 spiro atoms. The number of ether oxygens (including phenoxy) is 1. The molecule has 2 rings (SSSR count). The molecule has 25 heavy (non-hydrogen) atoms. The minimum Gasteiger partial charge on any atom is -0.444 e. The summed E-state index contributed by atoms with van der Waals surface area (Å²) in [6.07, 6.45) is 0.618. The van der Waals surface area contributed by atoms with Crippen LogP contribution in [-0.2, 0) is 11.2 Å². The van der Waals surface area contributed by atoms with Crippen LogP contribution in [0.25, 0.3) is 0 Å². The second-order valence-corrected chi connectivity index (χ2v) is 7.37. The number of guanidine groups is 1. The van der Waals surface area contributed by atoms with Crippen LogP contribution in [0.15, 0.2) is 29.3 Å². The molecule has 1 amide bonds. The predicted molar refractivity (Wildman–Crippen MR) is 101 cm³/mol. The number of nitrogens with two attached hydrogens (primary N) is 1. The number of carbonyl (C=O) groups excluding carboxylic acids is 1. The van der Waals surface area contributed by atoms with E-state index in [0.717, 1.165) is 6.42 Å². The van der Waals surface area contributed by atoms with Gasteiger partial charge in [-0.05, 0) is 45.2 Å². The number of piperazine rings is 1. The van der Waals surface area contributed by atoms with Gasteiger partial charge in [-0.15, -0.1) is 0 Å². The fraction of sp³-hybridized carbons (Fsp3) is 0.579. The Kier molecular flexibility index (Phi) is 6.28. The van der Waals surface area contributed by atoms with Gasteiger partial charge in [0.15, 0.2) is 5.96 Å². The first-order chi connectivity index (χ1) is 11.8. The molecule has 2 N–H and O–H groups in total. The van der Waals surface area contributed by atoms with Crippen LogP contribution in [0, 0.1) is 6.92 Å². The van der Waals surface area contributed by atoms with E-state index in [0.29, 0.717) is 38.7 Å². The number of hydrogen-bond donors (Lipinski definition) is 1. The molecule has 0 aliphatic carbocycles. The van der Waals surface area contributed by atoms with E-state index >= 15 is 0 Å². The second kappa shape index (κ2) is 8.23. The van der Waals surface area contributed by atoms with E-state index in [2.05, 4.69) is 24.0 Å². The zero-order chi connectivity index (χ0) is 18.4. The fourth-order valence-corrected chi connectivity index (χ4v) is 2.73. The number of aryl methyl sites for hydroxylation is 1. The van der Waals surface area contributed by atoms with Crippen molar-refractivity contribution < 1.29 is 9.53 Å². The highest BCUT2D eigenvalue weighted by Gasteiger charge is 2.26. The van der Waals surface area contributed by atoms with Crippen LogP contribution in [0.3, 0.4) is 0 Å². The van der Waals surface area contributed by atoms with Crippen LogP contribution in [0.4, 0.5) is 4.79 Å². The zero-order valence-electron chi connectivity index (χ0n) is 15.8. The molecule has 6 heteroatoms. The summed E-state index contributed by atoms with van der Waals surface area (Å²) in [5.74, 6) is 0.553. The summed E-state index contributed by atoms with van der Waals surface area (Å²) in [6, 6.07) is 8.32. The number of hydrogen-bond acceptors (Lipinski definition) is 3. The number of benzene rings is 1. The van der Waals surface area contributed by atoms with Crippen molar-refractivity contribution in [2.75, 3.05) is 32.7 Å². The van der Waals surface area contributed by atoms with Crippen LogP contribution in [0.5, 0.6) is 0 Å². The monoisotopic (exact) mass is 346 g/mol. The van der Waals surface area contributed by atoms with Crippen molar-refractivity contribution in [3.8, 4) is 0 Å². The van der Waals surface area contributed by atoms with Crippen LogP contribution < -0.4 is 5.73 Å². The fourth-order valence-electron chi connectivity index (χ4n) is 2.73. The Labute approximate surface area is 150 Å². The van der Waals surface area contributed by atoms with Crippen molar-refractivity contribution in [1.82, 2.24) is 9.80 Å². The van der Waals surface area contributed by atoms with Crippen LogP contribution in [0.1, 0.15) is 31.9 Å². The Morgan fingerprint density at radius 1 is 1.16 bits per heavy atom. The molecule has 1 heterocycles. The van der Waals surface area contributed by atoms with Gasteiger partial charge in [0.05, 0.1) is 0 Å². The molecule has 6 nitrogen and oxygen atoms in total. The molecule has 0 radical (unpaired) electrons. The van der Waals surface area contributed by atoms with E-state index in [1.807, 2.05) is 37.8 Å². The Morgan fingerprint density at radius 2 is 1.76 bits per heavy atom. The first kappa shape index (κ1) is 19.1. The Balaban J connectivity index is 1.79. The molecule has 0 saturated carbocycles. The Bertz CT molecular complexity index is 614. The lowest BCUT2D eigenvalue weighted by molar-refractivity contribution is 0.0186. The molecule has 1 fully saturated rings. The third-order valence-corrected chi connectivity index (χ3v) is 4.17. The molecule has 1 saturated heterocycles. The van der Waals surface area contributed by atoms with Crippen molar-refractivity contribution in [2.24, 2.45) is 10.7 Å². The van der Waals surface area contributed by atoms with Gasteiger partial charge in [-0.1, -0.05) is 24.3 Å². The van der Waals surface area contributed by atoms with E-state index in [9.17, 15) is 4.79 Å². The average Bonchev–Trinajstić information content (AvgIpc) is 2.55. The number of amides is 1. The van der Waals surface area contributed by atoms with Gasteiger partial charge in [0.2, 0.25) is 0 Å². The van der Waals surface area contributed by atoms with Crippen LogP contribution >= 0.6 is 0 Å². The summed E-state index contributed by atoms with van der Waals surface area (Å²) in [7, 11) is 0. The molecule has 0 atom stereocenters. The minimum atomic E-state index is -0.468. The Morgan fingerprint density at radius 3 is 2.36 bits per heavy atom. The maximum absolute atomic E-state index is 12.1. The van der Waals surface area contributed by atoms with E-state index < -0.39 is 5.60 Å². The van der Waals surface area contributed by atoms with E-state index in [1.54, 1.807) is 4.90 Å². The summed E-state index contributed by atoms with van der Waals surface area (Å²) in [4.78, 5) is 20.3. The lowest BCUT2D eigenvalue weighted by Crippen LogP contribution is -2.53. The maximum Gasteiger partial charge on any atom is 0.410 e. The van der Waals surface area contributed by atoms with Crippen molar-refractivity contribution in [3.05, 3.63) is 35.4 Å². The molecule has 1 aromatic carbocycles. The standard InChI is InChI=1S/C19H30N4O2/c1-15-7-5-6-8-16(15)9-10-21-17(20)22-11-13-23(14-12-22)18(24)25-19(2,3)4/h5-8H,9-14H2,1-4H3,(H2,20,21). The molecule has 138 valence electrons. The van der Waals surface area contributed by atoms with Crippen molar-refractivity contribution in [2.45, 2.75) is 39.7 Å². The quantitative estimate of drug-likeness (QED) is 0.674. The van der Waals surface area contributed by atoms with Gasteiger partial charge < -0.3 is 20.3 Å². The summed E-state index contributed by atoms with van der Waals surface area (Å²) in [5, 5.41) is 0. The number of aliphatic imine (C=N–C) groups is 1. The second-order valence-electron chi connectivity index (χ2n) is 7.37. The van der Waals surface area contributed by atoms with Gasteiger partial charge in [-0.25, -0.2) is 4.79 Å². The van der Waals surface area contributed by atoms with Gasteiger partial charge in [-0.2, -0.15) is 0 Å². The first-order valence-corrected chi connectivity index (χ1v) is 8.83. The number of nitrogens with zero attached hydrogens (tertiary/aromatic N) is 3. The molecule has 0 aromatic heterocycles. The maximum atomic E-state index is 12.1. The van der Waals surface area contributed by atoms with Gasteiger partial charge >= 0.3 is 6.09 Å². The summed E-state index contributed by atoms with van der Waals surface area (Å²) in [6.45, 7) is 11.0. The van der Waals surface area contributed by atoms with Crippen LogP contribution in [0.2, 0.25) is 0 Å². The topological polar surface area (TPSA) is 71.2 Å². The Hall–Kier alpha value is -2.24. The third-order valence-electron chi connectivity index (χ3n) is 4.17. The highest BCUT2D eigenvalue weighted by atomic mass is 16.6. The lowest BCUT2D eigenvalue weighted by Gasteiger charge is -2.36. The number of carbonyl (C=O) groups is 1. The molecular formula is C19H30N4O2. The smallest absolute Gasteiger partial charge is 0.410 e. The molecule has 0 unspecified atom stereocenters. The van der Waals surface area contributed by atoms with E-state index in [1.165, 1.54) is 11.1 Å². The largest absolute Gasteiger partial charge is 0.444 e. The van der Waals surface area contributed by atoms with Crippen LogP contribution in [-0.4, -0.2) is 60.2 Å². The van der Waals surface area contributed by atoms with Gasteiger partial charge in [0.1, 0.15) is 5.60 Å². The third kappa shape index (κ3) is 5.96. The summed E-state index contributed by atoms with van der Waals surface area (Å²) in [5.41, 5.74) is 8.23. The zero-order valence-corrected chi connectivity index (χ0v) is 15.8. The predicted octanol–water partition coefficient (Wildman–Crippen LogP) is 2.40. The first-order valence-electron chi connectivity index (χ1n) is 8.83.